The van der Waals surface area contributed by atoms with Crippen LogP contribution in [-0.2, 0) is 13.6 Å². The van der Waals surface area contributed by atoms with Crippen LogP contribution in [-0.4, -0.2) is 39.3 Å². The number of hydrogen-bond donors (Lipinski definition) is 0. The highest BCUT2D eigenvalue weighted by atomic mass is 33.1. The van der Waals surface area contributed by atoms with Crippen LogP contribution in [0.1, 0.15) is 12.8 Å². The van der Waals surface area contributed by atoms with Gasteiger partial charge in [-0.3, -0.25) is 0 Å². The minimum Gasteiger partial charge on any atom is -0.378 e. The van der Waals surface area contributed by atoms with Crippen LogP contribution in [0.25, 0.3) is 0 Å². The third kappa shape index (κ3) is 2.47. The summed E-state index contributed by atoms with van der Waals surface area (Å²) in [7, 11) is -0.459. The van der Waals surface area contributed by atoms with E-state index in [4.69, 9.17) is 4.74 Å². The van der Waals surface area contributed by atoms with E-state index >= 15 is 0 Å². The van der Waals surface area contributed by atoms with Crippen LogP contribution in [0.2, 0.25) is 0 Å². The molecule has 88 valence electrons. The van der Waals surface area contributed by atoms with Crippen molar-refractivity contribution in [2.75, 3.05) is 18.6 Å². The fourth-order valence-electron chi connectivity index (χ4n) is 2.43. The number of fused-ring (bicyclic) bond motifs is 1. The zero-order valence-corrected chi connectivity index (χ0v) is 10.2. The lowest BCUT2D eigenvalue weighted by Gasteiger charge is -2.39. The van der Waals surface area contributed by atoms with Gasteiger partial charge in [0.15, 0.2) is 0 Å². The number of methoxy groups -OCH3 is 1. The average molecular weight is 254 g/mol. The zero-order valence-electron chi connectivity index (χ0n) is 8.56. The van der Waals surface area contributed by atoms with E-state index in [0.29, 0.717) is 24.5 Å². The molecule has 1 saturated heterocycles. The lowest BCUT2D eigenvalue weighted by Crippen LogP contribution is -2.43. The highest BCUT2D eigenvalue weighted by Gasteiger charge is 2.42. The number of ether oxygens (including phenoxy) is 1. The Morgan fingerprint density at radius 2 is 2.07 bits per heavy atom. The van der Waals surface area contributed by atoms with Crippen molar-refractivity contribution in [3.63, 3.8) is 0 Å². The molecule has 0 aromatic heterocycles. The van der Waals surface area contributed by atoms with Gasteiger partial charge in [-0.1, -0.05) is 0 Å². The Bertz CT molecular complexity index is 330. The Balaban J connectivity index is 2.07. The lowest BCUT2D eigenvalue weighted by molar-refractivity contribution is -0.0243. The van der Waals surface area contributed by atoms with Gasteiger partial charge in [0.05, 0.1) is 11.9 Å². The van der Waals surface area contributed by atoms with Gasteiger partial charge in [0.1, 0.15) is 6.17 Å². The molecule has 4 atom stereocenters. The van der Waals surface area contributed by atoms with Gasteiger partial charge in [-0.05, 0) is 35.5 Å². The van der Waals surface area contributed by atoms with E-state index in [9.17, 15) is 12.8 Å². The summed E-state index contributed by atoms with van der Waals surface area (Å²) in [4.78, 5) is 0. The molecule has 6 heteroatoms. The van der Waals surface area contributed by atoms with Crippen molar-refractivity contribution in [3.05, 3.63) is 0 Å². The van der Waals surface area contributed by atoms with E-state index in [-0.39, 0.29) is 17.8 Å². The van der Waals surface area contributed by atoms with Gasteiger partial charge in [-0.15, -0.1) is 0 Å². The third-order valence-corrected chi connectivity index (χ3v) is 6.97. The summed E-state index contributed by atoms with van der Waals surface area (Å²) in [6, 6.07) is 0. The minimum absolute atomic E-state index is 0.00218. The highest BCUT2D eigenvalue weighted by Crippen LogP contribution is 2.41. The van der Waals surface area contributed by atoms with E-state index in [1.54, 1.807) is 0 Å². The predicted octanol–water partition coefficient (Wildman–Crippen LogP) is 1.44. The molecule has 0 N–H and O–H groups in total. The first-order chi connectivity index (χ1) is 7.02. The maximum atomic E-state index is 13.5. The molecule has 15 heavy (non-hydrogen) atoms. The molecule has 2 rings (SSSR count). The van der Waals surface area contributed by atoms with Crippen LogP contribution in [0.4, 0.5) is 4.39 Å². The first kappa shape index (κ1) is 11.7. The molecule has 1 heterocycles. The molecule has 1 aliphatic carbocycles. The first-order valence-corrected chi connectivity index (χ1v) is 8.21. The molecular weight excluding hydrogens is 239 g/mol. The highest BCUT2D eigenvalue weighted by molar-refractivity contribution is 8.72. The number of hydrogen-bond acceptors (Lipinski definition) is 4. The van der Waals surface area contributed by atoms with Crippen molar-refractivity contribution < 1.29 is 17.5 Å². The fourth-order valence-corrected chi connectivity index (χ4v) is 6.20. The van der Waals surface area contributed by atoms with Crippen molar-refractivity contribution in [1.29, 1.82) is 0 Å². The summed E-state index contributed by atoms with van der Waals surface area (Å²) in [5.41, 5.74) is 0. The smallest absolute Gasteiger partial charge is 0.201 e. The first-order valence-electron chi connectivity index (χ1n) is 5.06. The number of alkyl halides is 1. The molecule has 0 spiro atoms. The van der Waals surface area contributed by atoms with E-state index in [1.807, 2.05) is 0 Å². The molecule has 0 aromatic carbocycles. The Hall–Kier alpha value is 0.190. The van der Waals surface area contributed by atoms with Gasteiger partial charge < -0.3 is 4.74 Å². The normalized spacial score (nSPS) is 44.7. The maximum absolute atomic E-state index is 13.5. The van der Waals surface area contributed by atoms with Crippen molar-refractivity contribution >= 4 is 19.7 Å². The maximum Gasteiger partial charge on any atom is 0.201 e. The average Bonchev–Trinajstić information content (AvgIpc) is 2.15. The van der Waals surface area contributed by atoms with E-state index in [1.165, 1.54) is 7.11 Å². The lowest BCUT2D eigenvalue weighted by atomic mass is 9.79. The van der Waals surface area contributed by atoms with Crippen LogP contribution in [0, 0.1) is 11.8 Å². The second kappa shape index (κ2) is 4.22. The van der Waals surface area contributed by atoms with Crippen molar-refractivity contribution in [2.24, 2.45) is 11.8 Å². The monoisotopic (exact) mass is 254 g/mol. The molecular formula is C9H15FO3S2. The zero-order chi connectivity index (χ0) is 11.1. The van der Waals surface area contributed by atoms with Crippen LogP contribution in [0.3, 0.4) is 0 Å². The summed E-state index contributed by atoms with van der Waals surface area (Å²) in [6.07, 6.45) is -0.351. The SMILES string of the molecule is CO[C@H]1C[C@@H]2CSS(=O)(=O)C[C@H]2C[C@@H]1F. The molecule has 2 aliphatic rings. The molecule has 0 unspecified atom stereocenters. The van der Waals surface area contributed by atoms with E-state index in [2.05, 4.69) is 0 Å². The Morgan fingerprint density at radius 1 is 1.33 bits per heavy atom. The second-order valence-corrected chi connectivity index (χ2v) is 8.54. The largest absolute Gasteiger partial charge is 0.378 e. The van der Waals surface area contributed by atoms with E-state index in [0.717, 1.165) is 10.8 Å². The van der Waals surface area contributed by atoms with Crippen LogP contribution >= 0.6 is 10.8 Å². The van der Waals surface area contributed by atoms with Gasteiger partial charge >= 0.3 is 0 Å². The van der Waals surface area contributed by atoms with Gasteiger partial charge in [0, 0.05) is 12.9 Å². The molecule has 0 bridgehead atoms. The summed E-state index contributed by atoms with van der Waals surface area (Å²) in [5.74, 6) is 1.03. The summed E-state index contributed by atoms with van der Waals surface area (Å²) in [6.45, 7) is 0. The topological polar surface area (TPSA) is 43.4 Å². The van der Waals surface area contributed by atoms with Crippen LogP contribution < -0.4 is 0 Å². The standard InChI is InChI=1S/C9H15FO3S2/c1-13-9-3-6-4-14-15(11,12)5-7(6)2-8(9)10/h6-9H,2-5H2,1H3/t6-,7-,8+,9+/m1/s1. The van der Waals surface area contributed by atoms with Crippen LogP contribution in [0.5, 0.6) is 0 Å². The fraction of sp³-hybridized carbons (Fsp3) is 1.00. The van der Waals surface area contributed by atoms with Gasteiger partial charge in [0.2, 0.25) is 8.87 Å². The van der Waals surface area contributed by atoms with Gasteiger partial charge in [-0.2, -0.15) is 0 Å². The molecule has 2 fully saturated rings. The van der Waals surface area contributed by atoms with Crippen LogP contribution in [0.15, 0.2) is 0 Å². The minimum atomic E-state index is -2.99. The van der Waals surface area contributed by atoms with Crippen molar-refractivity contribution in [3.8, 4) is 0 Å². The number of halogens is 1. The summed E-state index contributed by atoms with van der Waals surface area (Å²) in [5, 5.41) is 0. The number of rotatable bonds is 1. The second-order valence-electron chi connectivity index (χ2n) is 4.29. The van der Waals surface area contributed by atoms with E-state index < -0.39 is 15.0 Å². The molecule has 1 aliphatic heterocycles. The third-order valence-electron chi connectivity index (χ3n) is 3.32. The molecule has 1 saturated carbocycles. The predicted molar refractivity (Wildman–Crippen MR) is 58.2 cm³/mol. The Morgan fingerprint density at radius 3 is 2.73 bits per heavy atom. The summed E-state index contributed by atoms with van der Waals surface area (Å²) < 4.78 is 41.4. The summed E-state index contributed by atoms with van der Waals surface area (Å²) >= 11 is 0. The molecule has 0 amide bonds. The Labute approximate surface area is 93.1 Å². The Kier molecular flexibility index (Phi) is 3.28. The molecule has 3 nitrogen and oxygen atoms in total. The molecule has 0 aromatic rings. The van der Waals surface area contributed by atoms with Gasteiger partial charge in [0.25, 0.3) is 0 Å². The van der Waals surface area contributed by atoms with Crippen molar-refractivity contribution in [2.45, 2.75) is 25.1 Å². The quantitative estimate of drug-likeness (QED) is 0.664. The van der Waals surface area contributed by atoms with Gasteiger partial charge in [-0.25, -0.2) is 12.8 Å². The van der Waals surface area contributed by atoms with Crippen molar-refractivity contribution in [1.82, 2.24) is 0 Å². The molecule has 0 radical (unpaired) electrons.